The van der Waals surface area contributed by atoms with Gasteiger partial charge < -0.3 is 10.2 Å². The van der Waals surface area contributed by atoms with E-state index in [-0.39, 0.29) is 17.2 Å². The van der Waals surface area contributed by atoms with Crippen LogP contribution in [0.15, 0.2) is 11.6 Å². The van der Waals surface area contributed by atoms with E-state index in [1.807, 2.05) is 0 Å². The van der Waals surface area contributed by atoms with Crippen LogP contribution in [-0.2, 0) is 9.59 Å². The summed E-state index contributed by atoms with van der Waals surface area (Å²) in [6, 6.07) is -0.523. The van der Waals surface area contributed by atoms with E-state index in [9.17, 15) is 9.59 Å². The maximum Gasteiger partial charge on any atom is 0.246 e. The van der Waals surface area contributed by atoms with Gasteiger partial charge in [0.15, 0.2) is 0 Å². The minimum Gasteiger partial charge on any atom is -0.344 e. The van der Waals surface area contributed by atoms with Crippen molar-refractivity contribution in [2.75, 3.05) is 18.8 Å². The van der Waals surface area contributed by atoms with E-state index in [1.54, 1.807) is 4.90 Å². The molecule has 0 fully saturated rings. The van der Waals surface area contributed by atoms with E-state index in [2.05, 4.69) is 44.8 Å². The van der Waals surface area contributed by atoms with Crippen LogP contribution in [0.2, 0.25) is 0 Å². The average Bonchev–Trinajstić information content (AvgIpc) is 2.34. The molecular weight excluding hydrogens is 260 g/mol. The molecule has 2 amide bonds. The smallest absolute Gasteiger partial charge is 0.246 e. The fourth-order valence-corrected chi connectivity index (χ4v) is 2.45. The van der Waals surface area contributed by atoms with Crippen LogP contribution in [0.5, 0.6) is 0 Å². The summed E-state index contributed by atoms with van der Waals surface area (Å²) in [4.78, 5) is 25.1. The number of hydrogen-bond donors (Lipinski definition) is 2. The van der Waals surface area contributed by atoms with Crippen molar-refractivity contribution in [3.8, 4) is 0 Å². The zero-order valence-corrected chi connectivity index (χ0v) is 13.1. The second-order valence-corrected chi connectivity index (χ2v) is 6.31. The predicted molar refractivity (Wildman–Crippen MR) is 80.2 cm³/mol. The lowest BCUT2D eigenvalue weighted by Crippen LogP contribution is -2.50. The summed E-state index contributed by atoms with van der Waals surface area (Å²) in [7, 11) is 0. The van der Waals surface area contributed by atoms with Crippen molar-refractivity contribution in [1.82, 2.24) is 10.2 Å². The van der Waals surface area contributed by atoms with E-state index in [4.69, 9.17) is 0 Å². The van der Waals surface area contributed by atoms with Crippen LogP contribution >= 0.6 is 12.6 Å². The van der Waals surface area contributed by atoms with Crippen molar-refractivity contribution < 1.29 is 9.59 Å². The van der Waals surface area contributed by atoms with Crippen molar-refractivity contribution in [2.45, 2.75) is 40.2 Å². The number of thiol groups is 1. The highest BCUT2D eigenvalue weighted by atomic mass is 32.1. The molecule has 0 radical (unpaired) electrons. The summed E-state index contributed by atoms with van der Waals surface area (Å²) in [5.41, 5.74) is 1.55. The van der Waals surface area contributed by atoms with Crippen LogP contribution in [-0.4, -0.2) is 41.6 Å². The summed E-state index contributed by atoms with van der Waals surface area (Å²) in [5.74, 6) is 0.0786. The Hall–Kier alpha value is -0.970. The number of rotatable bonds is 3. The Labute approximate surface area is 121 Å². The van der Waals surface area contributed by atoms with Crippen LogP contribution in [0.4, 0.5) is 0 Å². The van der Waals surface area contributed by atoms with E-state index >= 15 is 0 Å². The van der Waals surface area contributed by atoms with E-state index in [0.29, 0.717) is 18.8 Å². The number of nitrogens with zero attached hydrogens (tertiary/aromatic N) is 1. The fourth-order valence-electron chi connectivity index (χ4n) is 2.20. The number of nitrogens with one attached hydrogen (secondary N) is 1. The Bertz CT molecular complexity index is 385. The van der Waals surface area contributed by atoms with Crippen LogP contribution < -0.4 is 5.32 Å². The lowest BCUT2D eigenvalue weighted by molar-refractivity contribution is -0.135. The van der Waals surface area contributed by atoms with Gasteiger partial charge in [-0.25, -0.2) is 0 Å². The first-order chi connectivity index (χ1) is 8.75. The third-order valence-corrected chi connectivity index (χ3v) is 3.71. The van der Waals surface area contributed by atoms with Gasteiger partial charge in [0.1, 0.15) is 6.04 Å². The zero-order chi connectivity index (χ0) is 14.6. The monoisotopic (exact) mass is 284 g/mol. The standard InChI is InChI=1S/C14H24N2O2S/c1-10(17)15-12(9-19)13(18)16-7-5-11(6-8-16)14(2,3)4/h5,12,19H,6-9H2,1-4H3,(H,15,17). The topological polar surface area (TPSA) is 49.4 Å². The highest BCUT2D eigenvalue weighted by Gasteiger charge is 2.27. The highest BCUT2D eigenvalue weighted by Crippen LogP contribution is 2.30. The number of hydrogen-bond acceptors (Lipinski definition) is 3. The molecule has 0 aromatic heterocycles. The van der Waals surface area contributed by atoms with Crippen molar-refractivity contribution in [3.05, 3.63) is 11.6 Å². The first kappa shape index (κ1) is 16.1. The van der Waals surface area contributed by atoms with Gasteiger partial charge in [0.2, 0.25) is 11.8 Å². The van der Waals surface area contributed by atoms with Gasteiger partial charge in [-0.3, -0.25) is 9.59 Å². The molecule has 0 saturated carbocycles. The summed E-state index contributed by atoms with van der Waals surface area (Å²) >= 11 is 4.14. The van der Waals surface area contributed by atoms with Gasteiger partial charge in [-0.2, -0.15) is 12.6 Å². The van der Waals surface area contributed by atoms with Gasteiger partial charge in [-0.15, -0.1) is 0 Å². The first-order valence-corrected chi connectivity index (χ1v) is 7.25. The lowest BCUT2D eigenvalue weighted by Gasteiger charge is -2.33. The summed E-state index contributed by atoms with van der Waals surface area (Å²) in [5, 5.41) is 2.64. The lowest BCUT2D eigenvalue weighted by atomic mass is 9.83. The average molecular weight is 284 g/mol. The van der Waals surface area contributed by atoms with Crippen LogP contribution in [0.1, 0.15) is 34.1 Å². The number of carbonyl (C=O) groups is 2. The van der Waals surface area contributed by atoms with Gasteiger partial charge in [0.25, 0.3) is 0 Å². The van der Waals surface area contributed by atoms with E-state index in [1.165, 1.54) is 12.5 Å². The Morgan fingerprint density at radius 3 is 2.47 bits per heavy atom. The molecule has 5 heteroatoms. The molecule has 4 nitrogen and oxygen atoms in total. The molecule has 1 heterocycles. The molecule has 0 aliphatic carbocycles. The Morgan fingerprint density at radius 2 is 2.11 bits per heavy atom. The molecule has 0 aromatic rings. The molecular formula is C14H24N2O2S. The summed E-state index contributed by atoms with van der Waals surface area (Å²) in [6.45, 7) is 9.30. The van der Waals surface area contributed by atoms with E-state index < -0.39 is 6.04 Å². The van der Waals surface area contributed by atoms with Crippen molar-refractivity contribution in [1.29, 1.82) is 0 Å². The molecule has 19 heavy (non-hydrogen) atoms. The maximum absolute atomic E-state index is 12.3. The third kappa shape index (κ3) is 4.56. The predicted octanol–water partition coefficient (Wildman–Crippen LogP) is 1.63. The second kappa shape index (κ2) is 6.46. The SMILES string of the molecule is CC(=O)NC(CS)C(=O)N1CC=C(C(C)(C)C)CC1. The maximum atomic E-state index is 12.3. The molecule has 1 aliphatic rings. The molecule has 1 rings (SSSR count). The van der Waals surface area contributed by atoms with Gasteiger partial charge in [0.05, 0.1) is 0 Å². The van der Waals surface area contributed by atoms with Crippen LogP contribution in [0.25, 0.3) is 0 Å². The molecule has 108 valence electrons. The normalized spacial score (nSPS) is 17.7. The summed E-state index contributed by atoms with van der Waals surface area (Å²) in [6.07, 6.45) is 3.03. The third-order valence-electron chi connectivity index (χ3n) is 3.34. The fraction of sp³-hybridized carbons (Fsp3) is 0.714. The van der Waals surface area contributed by atoms with Gasteiger partial charge in [-0.1, -0.05) is 32.4 Å². The van der Waals surface area contributed by atoms with Gasteiger partial charge in [-0.05, 0) is 11.8 Å². The first-order valence-electron chi connectivity index (χ1n) is 6.62. The zero-order valence-electron chi connectivity index (χ0n) is 12.2. The molecule has 0 bridgehead atoms. The quantitative estimate of drug-likeness (QED) is 0.611. The van der Waals surface area contributed by atoms with Gasteiger partial charge >= 0.3 is 0 Å². The van der Waals surface area contributed by atoms with Crippen molar-refractivity contribution in [3.63, 3.8) is 0 Å². The number of carbonyl (C=O) groups excluding carboxylic acids is 2. The minimum absolute atomic E-state index is 0.0468. The molecule has 1 aliphatic heterocycles. The van der Waals surface area contributed by atoms with Crippen molar-refractivity contribution in [2.24, 2.45) is 5.41 Å². The summed E-state index contributed by atoms with van der Waals surface area (Å²) < 4.78 is 0. The van der Waals surface area contributed by atoms with Crippen molar-refractivity contribution >= 4 is 24.4 Å². The molecule has 1 atom stereocenters. The molecule has 0 spiro atoms. The largest absolute Gasteiger partial charge is 0.344 e. The Morgan fingerprint density at radius 1 is 1.47 bits per heavy atom. The Kier molecular flexibility index (Phi) is 5.47. The molecule has 1 N–H and O–H groups in total. The Balaban J connectivity index is 2.66. The minimum atomic E-state index is -0.523. The van der Waals surface area contributed by atoms with Crippen LogP contribution in [0, 0.1) is 5.41 Å². The molecule has 0 aromatic carbocycles. The highest BCUT2D eigenvalue weighted by molar-refractivity contribution is 7.80. The second-order valence-electron chi connectivity index (χ2n) is 5.95. The molecule has 0 saturated heterocycles. The number of amides is 2. The molecule has 1 unspecified atom stereocenters. The van der Waals surface area contributed by atoms with Gasteiger partial charge in [0, 0.05) is 25.8 Å². The van der Waals surface area contributed by atoms with E-state index in [0.717, 1.165) is 6.42 Å². The van der Waals surface area contributed by atoms with Crippen LogP contribution in [0.3, 0.4) is 0 Å².